The van der Waals surface area contributed by atoms with Crippen LogP contribution in [-0.4, -0.2) is 46.1 Å². The second-order valence-electron chi connectivity index (χ2n) is 9.97. The fourth-order valence-corrected chi connectivity index (χ4v) is 4.24. The molecule has 34 heavy (non-hydrogen) atoms. The third-order valence-corrected chi connectivity index (χ3v) is 6.63. The van der Waals surface area contributed by atoms with E-state index in [2.05, 4.69) is 19.2 Å². The van der Waals surface area contributed by atoms with E-state index < -0.39 is 24.2 Å². The van der Waals surface area contributed by atoms with Gasteiger partial charge >= 0.3 is 0 Å². The molecule has 5 nitrogen and oxygen atoms in total. The van der Waals surface area contributed by atoms with Gasteiger partial charge in [0.1, 0.15) is 6.10 Å². The van der Waals surface area contributed by atoms with Gasteiger partial charge in [-0.3, -0.25) is 4.79 Å². The Morgan fingerprint density at radius 2 is 1.15 bits per heavy atom. The second kappa shape index (κ2) is 25.2. The molecule has 0 fully saturated rings. The number of rotatable bonds is 25. The Morgan fingerprint density at radius 3 is 1.62 bits per heavy atom. The molecular formula is C29H57NO4. The van der Waals surface area contributed by atoms with Crippen LogP contribution in [0.15, 0.2) is 12.2 Å². The maximum atomic E-state index is 12.2. The van der Waals surface area contributed by atoms with E-state index in [9.17, 15) is 20.1 Å². The van der Waals surface area contributed by atoms with Crippen LogP contribution in [0.3, 0.4) is 0 Å². The highest BCUT2D eigenvalue weighted by Gasteiger charge is 2.22. The largest absolute Gasteiger partial charge is 0.394 e. The summed E-state index contributed by atoms with van der Waals surface area (Å²) in [5.41, 5.74) is 0. The summed E-state index contributed by atoms with van der Waals surface area (Å²) < 4.78 is 0. The van der Waals surface area contributed by atoms with Crippen LogP contribution in [0, 0.1) is 0 Å². The van der Waals surface area contributed by atoms with Crippen molar-refractivity contribution in [3.63, 3.8) is 0 Å². The van der Waals surface area contributed by atoms with Crippen molar-refractivity contribution in [2.24, 2.45) is 0 Å². The number of hydrogen-bond donors (Lipinski definition) is 4. The fourth-order valence-electron chi connectivity index (χ4n) is 4.24. The smallest absolute Gasteiger partial charge is 0.249 e. The average molecular weight is 484 g/mol. The van der Waals surface area contributed by atoms with Crippen LogP contribution in [0.1, 0.15) is 142 Å². The SMILES string of the molecule is CCCCCCCCC/C=C/C(O)C(CO)NC(=O)C(O)CCCCCCCCCCCCC. The first-order valence-corrected chi connectivity index (χ1v) is 14.5. The highest BCUT2D eigenvalue weighted by molar-refractivity contribution is 5.80. The normalized spacial score (nSPS) is 14.4. The van der Waals surface area contributed by atoms with Crippen molar-refractivity contribution in [1.82, 2.24) is 5.32 Å². The lowest BCUT2D eigenvalue weighted by Gasteiger charge is -2.21. The molecule has 0 saturated carbocycles. The predicted molar refractivity (Wildman–Crippen MR) is 144 cm³/mol. The van der Waals surface area contributed by atoms with Crippen molar-refractivity contribution < 1.29 is 20.1 Å². The number of carbonyl (C=O) groups excluding carboxylic acids is 1. The average Bonchev–Trinajstić information content (AvgIpc) is 2.84. The number of hydrogen-bond acceptors (Lipinski definition) is 4. The monoisotopic (exact) mass is 483 g/mol. The summed E-state index contributed by atoms with van der Waals surface area (Å²) in [5.74, 6) is -0.509. The lowest BCUT2D eigenvalue weighted by Crippen LogP contribution is -2.48. The van der Waals surface area contributed by atoms with E-state index in [-0.39, 0.29) is 6.61 Å². The number of aliphatic hydroxyl groups is 3. The molecule has 0 saturated heterocycles. The van der Waals surface area contributed by atoms with Crippen LogP contribution in [0.2, 0.25) is 0 Å². The minimum absolute atomic E-state index is 0.361. The first kappa shape index (κ1) is 33.1. The van der Waals surface area contributed by atoms with E-state index in [0.717, 1.165) is 32.1 Å². The van der Waals surface area contributed by atoms with Gasteiger partial charge in [0.2, 0.25) is 5.91 Å². The van der Waals surface area contributed by atoms with Crippen LogP contribution in [-0.2, 0) is 4.79 Å². The molecule has 0 rings (SSSR count). The molecule has 0 aliphatic rings. The molecule has 0 aliphatic heterocycles. The molecular weight excluding hydrogens is 426 g/mol. The molecule has 5 heteroatoms. The summed E-state index contributed by atoms with van der Waals surface area (Å²) in [6, 6.07) is -0.787. The summed E-state index contributed by atoms with van der Waals surface area (Å²) >= 11 is 0. The molecule has 0 aromatic heterocycles. The Balaban J connectivity index is 3.85. The first-order chi connectivity index (χ1) is 16.6. The number of allylic oxidation sites excluding steroid dienone is 1. The van der Waals surface area contributed by atoms with Gasteiger partial charge in [0.25, 0.3) is 0 Å². The minimum atomic E-state index is -1.09. The van der Waals surface area contributed by atoms with Gasteiger partial charge in [-0.05, 0) is 19.3 Å². The first-order valence-electron chi connectivity index (χ1n) is 14.5. The number of unbranched alkanes of at least 4 members (excludes halogenated alkanes) is 17. The highest BCUT2D eigenvalue weighted by atomic mass is 16.3. The molecule has 0 spiro atoms. The molecule has 4 N–H and O–H groups in total. The molecule has 0 aromatic carbocycles. The van der Waals surface area contributed by atoms with E-state index in [1.54, 1.807) is 6.08 Å². The summed E-state index contributed by atoms with van der Waals surface area (Å²) in [5, 5.41) is 32.6. The molecule has 202 valence electrons. The molecule has 0 bridgehead atoms. The highest BCUT2D eigenvalue weighted by Crippen LogP contribution is 2.13. The predicted octanol–water partition coefficient (Wildman–Crippen LogP) is 6.58. The standard InChI is InChI=1S/C29H57NO4/c1-3-5-7-9-11-13-14-16-18-20-22-24-28(33)29(34)30-26(25-31)27(32)23-21-19-17-15-12-10-8-6-4-2/h21,23,26-28,31-33H,3-20,22,24-25H2,1-2H3,(H,30,34)/b23-21+. The Morgan fingerprint density at radius 1 is 0.706 bits per heavy atom. The van der Waals surface area contributed by atoms with Gasteiger partial charge in [0.05, 0.1) is 18.8 Å². The maximum absolute atomic E-state index is 12.2. The van der Waals surface area contributed by atoms with Crippen LogP contribution >= 0.6 is 0 Å². The van der Waals surface area contributed by atoms with Crippen LogP contribution < -0.4 is 5.32 Å². The fraction of sp³-hybridized carbons (Fsp3) is 0.897. The third kappa shape index (κ3) is 20.5. The van der Waals surface area contributed by atoms with E-state index in [4.69, 9.17) is 0 Å². The number of nitrogens with one attached hydrogen (secondary N) is 1. The van der Waals surface area contributed by atoms with Crippen LogP contribution in [0.25, 0.3) is 0 Å². The maximum Gasteiger partial charge on any atom is 0.249 e. The topological polar surface area (TPSA) is 89.8 Å². The number of aliphatic hydroxyl groups excluding tert-OH is 3. The molecule has 0 radical (unpaired) electrons. The van der Waals surface area contributed by atoms with E-state index in [0.29, 0.717) is 6.42 Å². The Bertz CT molecular complexity index is 469. The van der Waals surface area contributed by atoms with Crippen molar-refractivity contribution in [2.75, 3.05) is 6.61 Å². The Kier molecular flexibility index (Phi) is 24.5. The summed E-state index contributed by atoms with van der Waals surface area (Å²) in [4.78, 5) is 12.2. The van der Waals surface area contributed by atoms with Crippen molar-refractivity contribution >= 4 is 5.91 Å². The molecule has 1 amide bonds. The van der Waals surface area contributed by atoms with E-state index in [1.165, 1.54) is 89.9 Å². The molecule has 3 unspecified atom stereocenters. The van der Waals surface area contributed by atoms with Crippen molar-refractivity contribution in [3.8, 4) is 0 Å². The summed E-state index contributed by atoms with van der Waals surface area (Å²) in [6.07, 6.45) is 25.0. The lowest BCUT2D eigenvalue weighted by atomic mass is 10.0. The van der Waals surface area contributed by atoms with Crippen LogP contribution in [0.4, 0.5) is 0 Å². The van der Waals surface area contributed by atoms with Gasteiger partial charge in [0.15, 0.2) is 0 Å². The third-order valence-electron chi connectivity index (χ3n) is 6.63. The Hall–Kier alpha value is -0.910. The van der Waals surface area contributed by atoms with Crippen molar-refractivity contribution in [1.29, 1.82) is 0 Å². The Labute approximate surface area is 210 Å². The summed E-state index contributed by atoms with van der Waals surface area (Å²) in [7, 11) is 0. The lowest BCUT2D eigenvalue weighted by molar-refractivity contribution is -0.131. The zero-order valence-electron chi connectivity index (χ0n) is 22.5. The van der Waals surface area contributed by atoms with Gasteiger partial charge in [-0.1, -0.05) is 135 Å². The molecule has 3 atom stereocenters. The molecule has 0 aliphatic carbocycles. The van der Waals surface area contributed by atoms with Gasteiger partial charge < -0.3 is 20.6 Å². The number of amides is 1. The van der Waals surface area contributed by atoms with Gasteiger partial charge in [-0.25, -0.2) is 0 Å². The summed E-state index contributed by atoms with van der Waals surface area (Å²) in [6.45, 7) is 4.10. The number of carbonyl (C=O) groups is 1. The van der Waals surface area contributed by atoms with E-state index >= 15 is 0 Å². The molecule has 0 aromatic rings. The van der Waals surface area contributed by atoms with Crippen molar-refractivity contribution in [3.05, 3.63) is 12.2 Å². The zero-order chi connectivity index (χ0) is 25.3. The molecule has 0 heterocycles. The van der Waals surface area contributed by atoms with Crippen LogP contribution in [0.5, 0.6) is 0 Å². The van der Waals surface area contributed by atoms with E-state index in [1.807, 2.05) is 6.08 Å². The quantitative estimate of drug-likeness (QED) is 0.0871. The second-order valence-corrected chi connectivity index (χ2v) is 9.97. The van der Waals surface area contributed by atoms with Gasteiger partial charge in [-0.2, -0.15) is 0 Å². The van der Waals surface area contributed by atoms with Gasteiger partial charge in [-0.15, -0.1) is 0 Å². The zero-order valence-corrected chi connectivity index (χ0v) is 22.5. The van der Waals surface area contributed by atoms with Crippen molar-refractivity contribution in [2.45, 2.75) is 161 Å². The minimum Gasteiger partial charge on any atom is -0.394 e. The van der Waals surface area contributed by atoms with Gasteiger partial charge in [0, 0.05) is 0 Å².